The smallest absolute Gasteiger partial charge is 0.412 e. The number of nitrogens with zero attached hydrogens (tertiary/aromatic N) is 5. The van der Waals surface area contributed by atoms with Gasteiger partial charge in [0, 0.05) is 19.8 Å². The Morgan fingerprint density at radius 2 is 1.69 bits per heavy atom. The van der Waals surface area contributed by atoms with Crippen molar-refractivity contribution >= 4 is 29.3 Å². The maximum Gasteiger partial charge on any atom is 0.412 e. The molecule has 0 aliphatic rings. The SMILES string of the molecule is COC(=O)Nc1ncc(-c2ccccc2)n(CC(=O)NC(C(=O)c2nnc(C(C)(C)c3ccc(N(C)C)cc3)o2)C(C)C)c1=O. The Morgan fingerprint density at radius 3 is 2.29 bits per heavy atom. The van der Waals surface area contributed by atoms with Gasteiger partial charge in [-0.15, -0.1) is 10.2 Å². The summed E-state index contributed by atoms with van der Waals surface area (Å²) in [6.07, 6.45) is 0.483. The van der Waals surface area contributed by atoms with Crippen molar-refractivity contribution in [1.29, 1.82) is 0 Å². The summed E-state index contributed by atoms with van der Waals surface area (Å²) in [5.74, 6) is -1.85. The fourth-order valence-electron chi connectivity index (χ4n) is 4.62. The van der Waals surface area contributed by atoms with E-state index in [-0.39, 0.29) is 23.5 Å². The minimum absolute atomic E-state index is 0.238. The first-order valence-corrected chi connectivity index (χ1v) is 14.3. The predicted molar refractivity (Wildman–Crippen MR) is 168 cm³/mol. The fraction of sp³-hybridized carbons (Fsp3) is 0.344. The number of ether oxygens (including phenoxy) is 1. The van der Waals surface area contributed by atoms with E-state index < -0.39 is 41.3 Å². The van der Waals surface area contributed by atoms with Crippen molar-refractivity contribution in [2.24, 2.45) is 5.92 Å². The van der Waals surface area contributed by atoms with Gasteiger partial charge < -0.3 is 19.4 Å². The number of hydrogen-bond acceptors (Lipinski definition) is 10. The van der Waals surface area contributed by atoms with Crippen LogP contribution in [0.2, 0.25) is 0 Å². The molecule has 2 aromatic carbocycles. The second-order valence-corrected chi connectivity index (χ2v) is 11.5. The summed E-state index contributed by atoms with van der Waals surface area (Å²) < 4.78 is 11.6. The van der Waals surface area contributed by atoms with Crippen molar-refractivity contribution < 1.29 is 23.5 Å². The highest BCUT2D eigenvalue weighted by atomic mass is 16.5. The van der Waals surface area contributed by atoms with Crippen molar-refractivity contribution in [1.82, 2.24) is 25.1 Å². The van der Waals surface area contributed by atoms with E-state index in [0.717, 1.165) is 18.4 Å². The Balaban J connectivity index is 1.58. The first kappa shape index (κ1) is 32.6. The number of anilines is 2. The van der Waals surface area contributed by atoms with Gasteiger partial charge in [0.25, 0.3) is 11.4 Å². The van der Waals surface area contributed by atoms with Crippen LogP contribution in [0.15, 0.2) is 70.0 Å². The number of rotatable bonds is 11. The minimum atomic E-state index is -1.03. The normalized spacial score (nSPS) is 12.0. The molecule has 2 aromatic heterocycles. The largest absolute Gasteiger partial charge is 0.453 e. The van der Waals surface area contributed by atoms with Crippen LogP contribution in [0, 0.1) is 5.92 Å². The number of benzene rings is 2. The lowest BCUT2D eigenvalue weighted by atomic mass is 9.84. The molecular formula is C32H37N7O6. The van der Waals surface area contributed by atoms with Crippen LogP contribution in [-0.4, -0.2) is 64.8 Å². The molecule has 2 heterocycles. The average Bonchev–Trinajstić information content (AvgIpc) is 3.53. The molecular weight excluding hydrogens is 578 g/mol. The molecule has 1 atom stereocenters. The molecule has 2 amide bonds. The number of hydrogen-bond donors (Lipinski definition) is 2. The minimum Gasteiger partial charge on any atom is -0.453 e. The third-order valence-corrected chi connectivity index (χ3v) is 7.37. The van der Waals surface area contributed by atoms with Gasteiger partial charge in [-0.25, -0.2) is 9.78 Å². The summed E-state index contributed by atoms with van der Waals surface area (Å²) >= 11 is 0. The molecule has 1 unspecified atom stereocenters. The van der Waals surface area contributed by atoms with E-state index in [1.54, 1.807) is 38.1 Å². The van der Waals surface area contributed by atoms with E-state index in [4.69, 9.17) is 4.42 Å². The van der Waals surface area contributed by atoms with Gasteiger partial charge in [0.05, 0.1) is 30.5 Å². The van der Waals surface area contributed by atoms with Crippen LogP contribution in [0.3, 0.4) is 0 Å². The van der Waals surface area contributed by atoms with Gasteiger partial charge in [0.1, 0.15) is 6.54 Å². The lowest BCUT2D eigenvalue weighted by molar-refractivity contribution is -0.122. The maximum atomic E-state index is 13.6. The molecule has 236 valence electrons. The zero-order chi connectivity index (χ0) is 32.9. The summed E-state index contributed by atoms with van der Waals surface area (Å²) in [5.41, 5.74) is 1.48. The van der Waals surface area contributed by atoms with Crippen LogP contribution >= 0.6 is 0 Å². The van der Waals surface area contributed by atoms with Crippen LogP contribution in [0.1, 0.15) is 49.8 Å². The zero-order valence-electron chi connectivity index (χ0n) is 26.3. The van der Waals surface area contributed by atoms with Gasteiger partial charge in [-0.3, -0.25) is 24.3 Å². The molecule has 0 saturated heterocycles. The van der Waals surface area contributed by atoms with E-state index >= 15 is 0 Å². The Kier molecular flexibility index (Phi) is 9.80. The Hall–Kier alpha value is -5.33. The van der Waals surface area contributed by atoms with Gasteiger partial charge in [-0.1, -0.05) is 56.3 Å². The first-order valence-electron chi connectivity index (χ1n) is 14.3. The number of carbonyl (C=O) groups excluding carboxylic acids is 3. The third kappa shape index (κ3) is 7.25. The number of nitrogens with one attached hydrogen (secondary N) is 2. The molecule has 2 N–H and O–H groups in total. The van der Waals surface area contributed by atoms with Crippen LogP contribution in [0.5, 0.6) is 0 Å². The van der Waals surface area contributed by atoms with Crippen LogP contribution in [0.25, 0.3) is 11.3 Å². The molecule has 0 bridgehead atoms. The summed E-state index contributed by atoms with van der Waals surface area (Å²) in [6.45, 7) is 6.90. The van der Waals surface area contributed by atoms with Gasteiger partial charge in [0.15, 0.2) is 0 Å². The van der Waals surface area contributed by atoms with E-state index in [9.17, 15) is 19.2 Å². The first-order chi connectivity index (χ1) is 21.3. The molecule has 0 spiro atoms. The van der Waals surface area contributed by atoms with E-state index in [1.165, 1.54) is 10.8 Å². The molecule has 0 aliphatic carbocycles. The summed E-state index contributed by atoms with van der Waals surface area (Å²) in [4.78, 5) is 58.1. The molecule has 0 saturated carbocycles. The highest BCUT2D eigenvalue weighted by Gasteiger charge is 2.34. The number of aromatic nitrogens is 4. The highest BCUT2D eigenvalue weighted by molar-refractivity contribution is 5.98. The van der Waals surface area contributed by atoms with E-state index in [2.05, 4.69) is 30.6 Å². The predicted octanol–water partition coefficient (Wildman–Crippen LogP) is 3.89. The van der Waals surface area contributed by atoms with Crippen LogP contribution in [0.4, 0.5) is 16.3 Å². The Bertz CT molecular complexity index is 1730. The topological polar surface area (TPSA) is 162 Å². The number of carbonyl (C=O) groups is 3. The number of amides is 2. The summed E-state index contributed by atoms with van der Waals surface area (Å²) in [7, 11) is 5.06. The van der Waals surface area contributed by atoms with Crippen molar-refractivity contribution in [3.8, 4) is 11.3 Å². The molecule has 4 rings (SSSR count). The second kappa shape index (κ2) is 13.5. The monoisotopic (exact) mass is 615 g/mol. The van der Waals surface area contributed by atoms with Gasteiger partial charge in [-0.05, 0) is 43.0 Å². The van der Waals surface area contributed by atoms with E-state index in [0.29, 0.717) is 11.3 Å². The lowest BCUT2D eigenvalue weighted by Gasteiger charge is -2.22. The Labute approximate surface area is 260 Å². The molecule has 13 heteroatoms. The molecule has 0 fully saturated rings. The van der Waals surface area contributed by atoms with Gasteiger partial charge in [0.2, 0.25) is 23.4 Å². The molecule has 4 aromatic rings. The number of ketones is 1. The number of Topliss-reactive ketones (excluding diaryl/α,β-unsaturated/α-hetero) is 1. The zero-order valence-corrected chi connectivity index (χ0v) is 26.3. The Morgan fingerprint density at radius 1 is 1.02 bits per heavy atom. The maximum absolute atomic E-state index is 13.6. The third-order valence-electron chi connectivity index (χ3n) is 7.37. The average molecular weight is 616 g/mol. The molecule has 45 heavy (non-hydrogen) atoms. The molecule has 13 nitrogen and oxygen atoms in total. The van der Waals surface area contributed by atoms with Crippen LogP contribution < -0.4 is 21.1 Å². The lowest BCUT2D eigenvalue weighted by Crippen LogP contribution is -2.46. The van der Waals surface area contributed by atoms with Crippen LogP contribution in [-0.2, 0) is 21.5 Å². The summed E-state index contributed by atoms with van der Waals surface area (Å²) in [6, 6.07) is 15.7. The molecule has 0 aliphatic heterocycles. The quantitative estimate of drug-likeness (QED) is 0.237. The second-order valence-electron chi connectivity index (χ2n) is 11.5. The van der Waals surface area contributed by atoms with Crippen molar-refractivity contribution in [3.63, 3.8) is 0 Å². The van der Waals surface area contributed by atoms with Crippen molar-refractivity contribution in [3.05, 3.63) is 88.5 Å². The van der Waals surface area contributed by atoms with Gasteiger partial charge in [-0.2, -0.15) is 0 Å². The highest BCUT2D eigenvalue weighted by Crippen LogP contribution is 2.32. The van der Waals surface area contributed by atoms with Crippen molar-refractivity contribution in [2.75, 3.05) is 31.4 Å². The molecule has 0 radical (unpaired) electrons. The number of methoxy groups -OCH3 is 1. The van der Waals surface area contributed by atoms with E-state index in [1.807, 2.05) is 63.2 Å². The standard InChI is InChI=1S/C32H37N7O6/c1-19(2)25(26(41)28-36-37-30(45-28)32(3,4)21-13-15-22(16-14-21)38(5)6)34-24(40)18-39-23(20-11-9-8-10-12-20)17-33-27(29(39)42)35-31(43)44-7/h8-17,19,25H,18H2,1-7H3,(H,34,40)(H,33,35,43). The van der Waals surface area contributed by atoms with Gasteiger partial charge >= 0.3 is 6.09 Å². The fourth-order valence-corrected chi connectivity index (χ4v) is 4.62. The summed E-state index contributed by atoms with van der Waals surface area (Å²) in [5, 5.41) is 13.2. The van der Waals surface area contributed by atoms with Crippen molar-refractivity contribution in [2.45, 2.75) is 45.7 Å².